The Hall–Kier alpha value is 0.580. The molecule has 1 aliphatic heterocycles. The normalized spacial score (nSPS) is 18.7. The number of nitrogens with one attached hydrogen (secondary N) is 1. The highest BCUT2D eigenvalue weighted by Crippen LogP contribution is 2.38. The Morgan fingerprint density at radius 1 is 1.42 bits per heavy atom. The first-order valence-electron chi connectivity index (χ1n) is 6.96. The van der Waals surface area contributed by atoms with Gasteiger partial charge in [-0.05, 0) is 81.6 Å². The van der Waals surface area contributed by atoms with Crippen LogP contribution in [0.5, 0.6) is 0 Å². The summed E-state index contributed by atoms with van der Waals surface area (Å²) < 4.78 is 7.91. The molecule has 1 fully saturated rings. The minimum absolute atomic E-state index is 0.458. The summed E-state index contributed by atoms with van der Waals surface area (Å²) in [6.07, 6.45) is 4.79. The molecule has 0 aliphatic carbocycles. The van der Waals surface area contributed by atoms with E-state index in [0.29, 0.717) is 6.04 Å². The molecule has 1 N–H and O–H groups in total. The van der Waals surface area contributed by atoms with E-state index in [4.69, 9.17) is 4.74 Å². The number of thiophene rings is 1. The van der Waals surface area contributed by atoms with Crippen LogP contribution in [0.4, 0.5) is 0 Å². The first-order chi connectivity index (χ1) is 9.20. The predicted molar refractivity (Wildman–Crippen MR) is 88.9 cm³/mol. The van der Waals surface area contributed by atoms with Crippen molar-refractivity contribution in [1.29, 1.82) is 0 Å². The van der Waals surface area contributed by atoms with Crippen LogP contribution in [-0.2, 0) is 4.74 Å². The van der Waals surface area contributed by atoms with E-state index in [1.54, 1.807) is 11.3 Å². The molecule has 1 aromatic heterocycles. The third-order valence-electron chi connectivity index (χ3n) is 3.61. The Balaban J connectivity index is 2.04. The fourth-order valence-electron chi connectivity index (χ4n) is 2.54. The summed E-state index contributed by atoms with van der Waals surface area (Å²) in [5, 5.41) is 3.70. The third-order valence-corrected chi connectivity index (χ3v) is 5.99. The van der Waals surface area contributed by atoms with Crippen molar-refractivity contribution in [3.8, 4) is 0 Å². The van der Waals surface area contributed by atoms with Gasteiger partial charge < -0.3 is 10.1 Å². The predicted octanol–water partition coefficient (Wildman–Crippen LogP) is 5.13. The lowest BCUT2D eigenvalue weighted by Crippen LogP contribution is -2.26. The first-order valence-corrected chi connectivity index (χ1v) is 9.36. The van der Waals surface area contributed by atoms with E-state index in [2.05, 4.69) is 50.2 Å². The van der Waals surface area contributed by atoms with Gasteiger partial charge in [-0.3, -0.25) is 0 Å². The molecule has 0 amide bonds. The van der Waals surface area contributed by atoms with E-state index >= 15 is 0 Å². The van der Waals surface area contributed by atoms with Gasteiger partial charge in [0.05, 0.1) is 7.57 Å². The molecule has 2 nitrogen and oxygen atoms in total. The highest BCUT2D eigenvalue weighted by molar-refractivity contribution is 9.12. The van der Waals surface area contributed by atoms with Crippen molar-refractivity contribution >= 4 is 43.2 Å². The van der Waals surface area contributed by atoms with Gasteiger partial charge >= 0.3 is 0 Å². The SMILES string of the molecule is CCCNC(CC1CCOCC1)c1cc(Br)sc1Br. The summed E-state index contributed by atoms with van der Waals surface area (Å²) in [6, 6.07) is 2.71. The van der Waals surface area contributed by atoms with Crippen LogP contribution in [0, 0.1) is 5.92 Å². The Morgan fingerprint density at radius 3 is 2.74 bits per heavy atom. The number of halogens is 2. The standard InChI is InChI=1S/C14H21Br2NOS/c1-2-5-17-12(8-10-3-6-18-7-4-10)11-9-13(15)19-14(11)16/h9-10,12,17H,2-8H2,1H3. The van der Waals surface area contributed by atoms with Crippen molar-refractivity contribution in [2.24, 2.45) is 5.92 Å². The molecule has 1 aromatic rings. The molecule has 1 unspecified atom stereocenters. The molecule has 2 rings (SSSR count). The largest absolute Gasteiger partial charge is 0.381 e. The van der Waals surface area contributed by atoms with E-state index in [1.807, 2.05) is 0 Å². The maximum Gasteiger partial charge on any atom is 0.0758 e. The smallest absolute Gasteiger partial charge is 0.0758 e. The quantitative estimate of drug-likeness (QED) is 0.701. The molecular weight excluding hydrogens is 390 g/mol. The fraction of sp³-hybridized carbons (Fsp3) is 0.714. The highest BCUT2D eigenvalue weighted by atomic mass is 79.9. The van der Waals surface area contributed by atoms with Crippen molar-refractivity contribution in [1.82, 2.24) is 5.32 Å². The monoisotopic (exact) mass is 409 g/mol. The van der Waals surface area contributed by atoms with Crippen molar-refractivity contribution in [2.45, 2.75) is 38.6 Å². The molecule has 5 heteroatoms. The Morgan fingerprint density at radius 2 is 2.16 bits per heavy atom. The molecule has 0 bridgehead atoms. The third kappa shape index (κ3) is 4.81. The molecule has 108 valence electrons. The lowest BCUT2D eigenvalue weighted by atomic mass is 9.90. The maximum atomic E-state index is 5.46. The maximum absolute atomic E-state index is 5.46. The van der Waals surface area contributed by atoms with Gasteiger partial charge in [-0.15, -0.1) is 11.3 Å². The molecule has 19 heavy (non-hydrogen) atoms. The summed E-state index contributed by atoms with van der Waals surface area (Å²) in [4.78, 5) is 0. The lowest BCUT2D eigenvalue weighted by molar-refractivity contribution is 0.0605. The molecule has 0 saturated carbocycles. The summed E-state index contributed by atoms with van der Waals surface area (Å²) >= 11 is 9.05. The van der Waals surface area contributed by atoms with Crippen molar-refractivity contribution in [3.05, 3.63) is 19.2 Å². The van der Waals surface area contributed by atoms with Crippen LogP contribution in [0.2, 0.25) is 0 Å². The van der Waals surface area contributed by atoms with Gasteiger partial charge in [-0.1, -0.05) is 6.92 Å². The number of hydrogen-bond donors (Lipinski definition) is 1. The summed E-state index contributed by atoms with van der Waals surface area (Å²) in [5.41, 5.74) is 1.40. The van der Waals surface area contributed by atoms with Crippen LogP contribution in [-0.4, -0.2) is 19.8 Å². The van der Waals surface area contributed by atoms with Gasteiger partial charge in [0.15, 0.2) is 0 Å². The number of hydrogen-bond acceptors (Lipinski definition) is 3. The topological polar surface area (TPSA) is 21.3 Å². The zero-order valence-electron chi connectivity index (χ0n) is 11.3. The molecule has 1 atom stereocenters. The molecule has 0 radical (unpaired) electrons. The van der Waals surface area contributed by atoms with E-state index in [-0.39, 0.29) is 0 Å². The molecule has 1 aliphatic rings. The van der Waals surface area contributed by atoms with Crippen LogP contribution in [0.25, 0.3) is 0 Å². The average molecular weight is 411 g/mol. The van der Waals surface area contributed by atoms with Crippen molar-refractivity contribution < 1.29 is 4.74 Å². The second-order valence-corrected chi connectivity index (χ2v) is 8.83. The van der Waals surface area contributed by atoms with Crippen molar-refractivity contribution in [3.63, 3.8) is 0 Å². The molecule has 0 aromatic carbocycles. The van der Waals surface area contributed by atoms with Gasteiger partial charge in [0.1, 0.15) is 0 Å². The Bertz CT molecular complexity index is 391. The number of rotatable bonds is 6. The van der Waals surface area contributed by atoms with Crippen LogP contribution < -0.4 is 5.32 Å². The molecule has 0 spiro atoms. The van der Waals surface area contributed by atoms with Gasteiger partial charge in [0.25, 0.3) is 0 Å². The fourth-order valence-corrected chi connectivity index (χ4v) is 5.52. The van der Waals surface area contributed by atoms with Crippen LogP contribution >= 0.6 is 43.2 Å². The van der Waals surface area contributed by atoms with Gasteiger partial charge in [0.2, 0.25) is 0 Å². The van der Waals surface area contributed by atoms with Gasteiger partial charge in [-0.25, -0.2) is 0 Å². The van der Waals surface area contributed by atoms with E-state index in [1.165, 1.54) is 38.8 Å². The van der Waals surface area contributed by atoms with E-state index in [9.17, 15) is 0 Å². The van der Waals surface area contributed by atoms with Crippen LogP contribution in [0.1, 0.15) is 44.2 Å². The summed E-state index contributed by atoms with van der Waals surface area (Å²) in [6.45, 7) is 5.16. The zero-order valence-corrected chi connectivity index (χ0v) is 15.2. The number of ether oxygens (including phenoxy) is 1. The summed E-state index contributed by atoms with van der Waals surface area (Å²) in [7, 11) is 0. The van der Waals surface area contributed by atoms with E-state index in [0.717, 1.165) is 25.7 Å². The summed E-state index contributed by atoms with van der Waals surface area (Å²) in [5.74, 6) is 0.786. The van der Waals surface area contributed by atoms with Crippen molar-refractivity contribution in [2.75, 3.05) is 19.8 Å². The Labute approximate surface area is 136 Å². The van der Waals surface area contributed by atoms with Crippen LogP contribution in [0.3, 0.4) is 0 Å². The first kappa shape index (κ1) is 16.0. The molecular formula is C14H21Br2NOS. The van der Waals surface area contributed by atoms with Gasteiger partial charge in [-0.2, -0.15) is 0 Å². The molecule has 2 heterocycles. The minimum atomic E-state index is 0.458. The van der Waals surface area contributed by atoms with E-state index < -0.39 is 0 Å². The second kappa shape index (κ2) is 8.13. The zero-order chi connectivity index (χ0) is 13.7. The Kier molecular flexibility index (Phi) is 6.83. The van der Waals surface area contributed by atoms with Crippen LogP contribution in [0.15, 0.2) is 13.6 Å². The minimum Gasteiger partial charge on any atom is -0.381 e. The average Bonchev–Trinajstić information content (AvgIpc) is 2.75. The highest BCUT2D eigenvalue weighted by Gasteiger charge is 2.22. The second-order valence-electron chi connectivity index (χ2n) is 5.08. The lowest BCUT2D eigenvalue weighted by Gasteiger charge is -2.27. The molecule has 1 saturated heterocycles. The van der Waals surface area contributed by atoms with Gasteiger partial charge in [0, 0.05) is 19.3 Å².